The molecule has 1 fully saturated rings. The lowest BCUT2D eigenvalue weighted by Gasteiger charge is -2.41. The van der Waals surface area contributed by atoms with Gasteiger partial charge in [0, 0.05) is 36.0 Å². The third-order valence-corrected chi connectivity index (χ3v) is 6.63. The number of nitrogens with zero attached hydrogens (tertiary/aromatic N) is 1. The van der Waals surface area contributed by atoms with E-state index in [9.17, 15) is 9.90 Å². The molecule has 0 amide bonds. The summed E-state index contributed by atoms with van der Waals surface area (Å²) in [6, 6.07) is 9.83. The predicted octanol–water partition coefficient (Wildman–Crippen LogP) is 2.91. The van der Waals surface area contributed by atoms with Gasteiger partial charge in [0.1, 0.15) is 0 Å². The molecular formula is C22H26N2O2. The Balaban J connectivity index is 1.33. The largest absolute Gasteiger partial charge is 0.387 e. The average molecular weight is 350 g/mol. The molecule has 4 heteroatoms. The standard InChI is InChI=1S/C22H26N2O2/c25-20(14-5-2-1-3-6-14)13-24-10-9-15-11-19-21(22(26)17(15)12-24)16-7-4-8-18(16)23-19/h1-3,5-6,15,17,20,23,25H,4,7-13H2/t15-,17+,20?/m0/s1. The lowest BCUT2D eigenvalue weighted by Crippen LogP contribution is -2.47. The van der Waals surface area contributed by atoms with Gasteiger partial charge in [-0.25, -0.2) is 0 Å². The second-order valence-corrected chi connectivity index (χ2v) is 8.20. The van der Waals surface area contributed by atoms with Crippen molar-refractivity contribution >= 4 is 5.78 Å². The highest BCUT2D eigenvalue weighted by Crippen LogP contribution is 2.40. The van der Waals surface area contributed by atoms with Gasteiger partial charge in [-0.15, -0.1) is 0 Å². The lowest BCUT2D eigenvalue weighted by atomic mass is 9.72. The number of aryl methyl sites for hydroxylation is 1. The minimum absolute atomic E-state index is 0.0970. The molecule has 2 N–H and O–H groups in total. The summed E-state index contributed by atoms with van der Waals surface area (Å²) in [6.07, 6.45) is 4.90. The van der Waals surface area contributed by atoms with E-state index in [1.165, 1.54) is 23.4 Å². The first-order valence-electron chi connectivity index (χ1n) is 9.93. The van der Waals surface area contributed by atoms with Crippen LogP contribution in [-0.2, 0) is 19.3 Å². The number of H-pyrrole nitrogens is 1. The fourth-order valence-electron chi connectivity index (χ4n) is 5.28. The van der Waals surface area contributed by atoms with E-state index in [1.54, 1.807) is 0 Å². The quantitative estimate of drug-likeness (QED) is 0.895. The van der Waals surface area contributed by atoms with Crippen LogP contribution in [0.5, 0.6) is 0 Å². The predicted molar refractivity (Wildman–Crippen MR) is 100 cm³/mol. The summed E-state index contributed by atoms with van der Waals surface area (Å²) < 4.78 is 0. The summed E-state index contributed by atoms with van der Waals surface area (Å²) in [5.74, 6) is 0.910. The minimum Gasteiger partial charge on any atom is -0.387 e. The Kier molecular flexibility index (Phi) is 3.98. The number of benzene rings is 1. The van der Waals surface area contributed by atoms with Gasteiger partial charge in [-0.1, -0.05) is 30.3 Å². The van der Waals surface area contributed by atoms with Crippen LogP contribution in [0.25, 0.3) is 0 Å². The Morgan fingerprint density at radius 1 is 1.19 bits per heavy atom. The van der Waals surface area contributed by atoms with Crippen LogP contribution < -0.4 is 0 Å². The molecule has 0 spiro atoms. The van der Waals surface area contributed by atoms with Crippen LogP contribution in [0.4, 0.5) is 0 Å². The molecule has 2 heterocycles. The smallest absolute Gasteiger partial charge is 0.169 e. The van der Waals surface area contributed by atoms with Crippen molar-refractivity contribution in [2.45, 2.75) is 38.2 Å². The number of nitrogens with one attached hydrogen (secondary N) is 1. The van der Waals surface area contributed by atoms with E-state index in [-0.39, 0.29) is 5.92 Å². The van der Waals surface area contributed by atoms with Crippen molar-refractivity contribution in [2.75, 3.05) is 19.6 Å². The number of fused-ring (bicyclic) bond motifs is 4. The number of aromatic nitrogens is 1. The molecule has 0 radical (unpaired) electrons. The fourth-order valence-corrected chi connectivity index (χ4v) is 5.28. The van der Waals surface area contributed by atoms with Crippen molar-refractivity contribution in [3.05, 3.63) is 58.4 Å². The molecule has 4 nitrogen and oxygen atoms in total. The zero-order valence-electron chi connectivity index (χ0n) is 15.1. The molecule has 1 aromatic carbocycles. The number of carbonyl (C=O) groups is 1. The topological polar surface area (TPSA) is 56.3 Å². The summed E-state index contributed by atoms with van der Waals surface area (Å²) in [7, 11) is 0. The number of ketones is 1. The number of carbonyl (C=O) groups excluding carboxylic acids is 1. The van der Waals surface area contributed by atoms with E-state index in [0.717, 1.165) is 49.9 Å². The van der Waals surface area contributed by atoms with Gasteiger partial charge in [-0.05, 0) is 55.7 Å². The van der Waals surface area contributed by atoms with Crippen molar-refractivity contribution in [1.82, 2.24) is 9.88 Å². The van der Waals surface area contributed by atoms with E-state index < -0.39 is 6.10 Å². The molecule has 1 aliphatic heterocycles. The number of aliphatic hydroxyl groups is 1. The maximum absolute atomic E-state index is 13.3. The molecule has 3 aliphatic rings. The first-order chi connectivity index (χ1) is 12.7. The highest BCUT2D eigenvalue weighted by Gasteiger charge is 2.42. The molecule has 2 aliphatic carbocycles. The van der Waals surface area contributed by atoms with Gasteiger partial charge in [-0.2, -0.15) is 0 Å². The average Bonchev–Trinajstić information content (AvgIpc) is 3.24. The number of hydrogen-bond acceptors (Lipinski definition) is 3. The normalized spacial score (nSPS) is 26.3. The monoisotopic (exact) mass is 350 g/mol. The SMILES string of the molecule is O=C1c2c([nH]c3c2CCC3)C[C@@H]2CCN(CC(O)c3ccccc3)C[C@@H]12. The summed E-state index contributed by atoms with van der Waals surface area (Å²) in [4.78, 5) is 19.1. The van der Waals surface area contributed by atoms with Crippen LogP contribution in [0.2, 0.25) is 0 Å². The number of likely N-dealkylation sites (tertiary alicyclic amines) is 1. The number of aromatic amines is 1. The van der Waals surface area contributed by atoms with Gasteiger partial charge in [0.25, 0.3) is 0 Å². The highest BCUT2D eigenvalue weighted by molar-refractivity contribution is 6.02. The molecule has 1 saturated heterocycles. The third-order valence-electron chi connectivity index (χ3n) is 6.63. The molecule has 26 heavy (non-hydrogen) atoms. The number of aliphatic hydroxyl groups excluding tert-OH is 1. The van der Waals surface area contributed by atoms with Crippen LogP contribution in [0, 0.1) is 11.8 Å². The molecule has 2 aromatic rings. The molecule has 0 bridgehead atoms. The molecule has 1 unspecified atom stereocenters. The van der Waals surface area contributed by atoms with E-state index in [4.69, 9.17) is 0 Å². The minimum atomic E-state index is -0.487. The Labute approximate surface area is 154 Å². The zero-order chi connectivity index (χ0) is 17.7. The van der Waals surface area contributed by atoms with E-state index in [0.29, 0.717) is 18.2 Å². The summed E-state index contributed by atoms with van der Waals surface area (Å²) in [5, 5.41) is 10.6. The number of Topliss-reactive ketones (excluding diaryl/α,β-unsaturated/α-hetero) is 1. The van der Waals surface area contributed by atoms with Crippen molar-refractivity contribution < 1.29 is 9.90 Å². The first kappa shape index (κ1) is 16.3. The lowest BCUT2D eigenvalue weighted by molar-refractivity contribution is 0.0480. The molecule has 1 aromatic heterocycles. The first-order valence-corrected chi connectivity index (χ1v) is 9.93. The Bertz CT molecular complexity index is 826. The third kappa shape index (κ3) is 2.63. The maximum atomic E-state index is 13.3. The van der Waals surface area contributed by atoms with Crippen LogP contribution in [0.15, 0.2) is 30.3 Å². The summed E-state index contributed by atoms with van der Waals surface area (Å²) in [5.41, 5.74) is 5.82. The van der Waals surface area contributed by atoms with Gasteiger partial charge >= 0.3 is 0 Å². The summed E-state index contributed by atoms with van der Waals surface area (Å²) >= 11 is 0. The zero-order valence-corrected chi connectivity index (χ0v) is 15.1. The Morgan fingerprint density at radius 3 is 2.88 bits per heavy atom. The van der Waals surface area contributed by atoms with Crippen LogP contribution >= 0.6 is 0 Å². The number of rotatable bonds is 3. The van der Waals surface area contributed by atoms with E-state index >= 15 is 0 Å². The van der Waals surface area contributed by atoms with E-state index in [1.807, 2.05) is 30.3 Å². The molecular weight excluding hydrogens is 324 g/mol. The van der Waals surface area contributed by atoms with Crippen LogP contribution in [-0.4, -0.2) is 40.4 Å². The van der Waals surface area contributed by atoms with Crippen molar-refractivity contribution in [3.63, 3.8) is 0 Å². The van der Waals surface area contributed by atoms with Gasteiger partial charge in [0.05, 0.1) is 6.10 Å². The van der Waals surface area contributed by atoms with Crippen molar-refractivity contribution in [2.24, 2.45) is 11.8 Å². The van der Waals surface area contributed by atoms with Crippen LogP contribution in [0.3, 0.4) is 0 Å². The van der Waals surface area contributed by atoms with Crippen LogP contribution in [0.1, 0.15) is 51.8 Å². The van der Waals surface area contributed by atoms with Gasteiger partial charge in [-0.3, -0.25) is 9.69 Å². The second-order valence-electron chi connectivity index (χ2n) is 8.20. The van der Waals surface area contributed by atoms with E-state index in [2.05, 4.69) is 9.88 Å². The maximum Gasteiger partial charge on any atom is 0.169 e. The molecule has 136 valence electrons. The molecule has 3 atom stereocenters. The van der Waals surface area contributed by atoms with Crippen molar-refractivity contribution in [3.8, 4) is 0 Å². The van der Waals surface area contributed by atoms with Crippen molar-refractivity contribution in [1.29, 1.82) is 0 Å². The van der Waals surface area contributed by atoms with Gasteiger partial charge in [0.15, 0.2) is 5.78 Å². The number of β-amino-alcohol motifs (C(OH)–C–C–N with tert-alkyl or cyclic N) is 1. The molecule has 5 rings (SSSR count). The Hall–Kier alpha value is -1.91. The van der Waals surface area contributed by atoms with Gasteiger partial charge < -0.3 is 10.1 Å². The fraction of sp³-hybridized carbons (Fsp3) is 0.500. The second kappa shape index (κ2) is 6.36. The number of hydrogen-bond donors (Lipinski definition) is 2. The number of piperidine rings is 1. The van der Waals surface area contributed by atoms with Gasteiger partial charge in [0.2, 0.25) is 0 Å². The Morgan fingerprint density at radius 2 is 2.04 bits per heavy atom. The molecule has 0 saturated carbocycles. The summed E-state index contributed by atoms with van der Waals surface area (Å²) in [6.45, 7) is 2.36. The highest BCUT2D eigenvalue weighted by atomic mass is 16.3.